The second-order valence-corrected chi connectivity index (χ2v) is 6.31. The largest absolute Gasteiger partial charge is 0.497 e. The molecule has 0 aliphatic rings. The fourth-order valence-electron chi connectivity index (χ4n) is 2.73. The molecule has 2 aromatic carbocycles. The summed E-state index contributed by atoms with van der Waals surface area (Å²) >= 11 is 6.11. The molecule has 0 radical (unpaired) electrons. The van der Waals surface area contributed by atoms with Gasteiger partial charge in [-0.2, -0.15) is 0 Å². The van der Waals surface area contributed by atoms with Crippen LogP contribution in [0, 0.1) is 0 Å². The van der Waals surface area contributed by atoms with Crippen LogP contribution in [0.25, 0.3) is 0 Å². The predicted molar refractivity (Wildman–Crippen MR) is 107 cm³/mol. The molecule has 1 heterocycles. The fraction of sp³-hybridized carbons (Fsp3) is 0.200. The normalized spacial score (nSPS) is 10.5. The van der Waals surface area contributed by atoms with Crippen molar-refractivity contribution in [1.29, 1.82) is 0 Å². The summed E-state index contributed by atoms with van der Waals surface area (Å²) in [6.07, 6.45) is 1.42. The molecule has 140 valence electrons. The number of anilines is 2. The van der Waals surface area contributed by atoms with Gasteiger partial charge in [-0.1, -0.05) is 35.9 Å². The van der Waals surface area contributed by atoms with Crippen LogP contribution < -0.4 is 20.1 Å². The molecular formula is C20H21ClN4O2. The number of rotatable bonds is 7. The number of aromatic nitrogens is 2. The molecule has 6 nitrogen and oxygen atoms in total. The fourth-order valence-corrected chi connectivity index (χ4v) is 2.85. The summed E-state index contributed by atoms with van der Waals surface area (Å²) in [6.45, 7) is 1.21. The number of nitrogen functional groups attached to an aromatic ring is 1. The van der Waals surface area contributed by atoms with E-state index in [4.69, 9.17) is 26.8 Å². The molecule has 0 saturated heterocycles. The number of hydrogen-bond donors (Lipinski definition) is 1. The van der Waals surface area contributed by atoms with E-state index in [0.29, 0.717) is 24.6 Å². The number of halogens is 1. The third kappa shape index (κ3) is 4.60. The lowest BCUT2D eigenvalue weighted by molar-refractivity contribution is 0.414. The summed E-state index contributed by atoms with van der Waals surface area (Å²) in [5, 5.41) is 0.245. The molecule has 0 spiro atoms. The second-order valence-electron chi connectivity index (χ2n) is 5.95. The molecular weight excluding hydrogens is 364 g/mol. The van der Waals surface area contributed by atoms with Crippen molar-refractivity contribution in [1.82, 2.24) is 9.97 Å². The van der Waals surface area contributed by atoms with Crippen molar-refractivity contribution in [3.05, 3.63) is 71.1 Å². The quantitative estimate of drug-likeness (QED) is 0.622. The molecule has 0 amide bonds. The van der Waals surface area contributed by atoms with Crippen molar-refractivity contribution in [2.45, 2.75) is 13.1 Å². The van der Waals surface area contributed by atoms with Crippen LogP contribution in [-0.4, -0.2) is 24.2 Å². The second kappa shape index (κ2) is 8.60. The molecule has 27 heavy (non-hydrogen) atoms. The third-order valence-corrected chi connectivity index (χ3v) is 4.48. The van der Waals surface area contributed by atoms with Gasteiger partial charge in [0.05, 0.1) is 14.2 Å². The Labute approximate surface area is 163 Å². The zero-order valence-corrected chi connectivity index (χ0v) is 16.0. The molecule has 3 rings (SSSR count). The first-order valence-electron chi connectivity index (χ1n) is 8.37. The van der Waals surface area contributed by atoms with Gasteiger partial charge in [-0.05, 0) is 35.4 Å². The summed E-state index contributed by atoms with van der Waals surface area (Å²) in [4.78, 5) is 10.4. The Kier molecular flexibility index (Phi) is 5.98. The smallest absolute Gasteiger partial charge is 0.157 e. The van der Waals surface area contributed by atoms with Gasteiger partial charge >= 0.3 is 0 Å². The SMILES string of the molecule is COc1ccc(CN(Cc2ccc(OC)cc2)c2ncnc(Cl)c2N)cc1. The van der Waals surface area contributed by atoms with Crippen LogP contribution in [0.5, 0.6) is 11.5 Å². The first-order chi connectivity index (χ1) is 13.1. The van der Waals surface area contributed by atoms with Crippen LogP contribution >= 0.6 is 11.6 Å². The Hall–Kier alpha value is -2.99. The van der Waals surface area contributed by atoms with Crippen molar-refractivity contribution in [2.75, 3.05) is 24.9 Å². The minimum absolute atomic E-state index is 0.245. The topological polar surface area (TPSA) is 73.5 Å². The Bertz CT molecular complexity index is 836. The molecule has 0 fully saturated rings. The molecule has 0 aliphatic carbocycles. The number of benzene rings is 2. The van der Waals surface area contributed by atoms with Crippen molar-refractivity contribution in [3.8, 4) is 11.5 Å². The predicted octanol–water partition coefficient (Wildman–Crippen LogP) is 3.94. The third-order valence-electron chi connectivity index (χ3n) is 4.18. The molecule has 0 saturated carbocycles. The van der Waals surface area contributed by atoms with Gasteiger partial charge in [-0.25, -0.2) is 9.97 Å². The van der Waals surface area contributed by atoms with Crippen LogP contribution in [-0.2, 0) is 13.1 Å². The molecule has 0 atom stereocenters. The van der Waals surface area contributed by atoms with Gasteiger partial charge < -0.3 is 20.1 Å². The molecule has 0 aliphatic heterocycles. The van der Waals surface area contributed by atoms with E-state index in [0.717, 1.165) is 22.6 Å². The van der Waals surface area contributed by atoms with Gasteiger partial charge in [-0.15, -0.1) is 0 Å². The summed E-state index contributed by atoms with van der Waals surface area (Å²) in [6, 6.07) is 15.8. The maximum absolute atomic E-state index is 6.14. The van der Waals surface area contributed by atoms with Crippen LogP contribution in [0.1, 0.15) is 11.1 Å². The number of ether oxygens (including phenoxy) is 2. The van der Waals surface area contributed by atoms with Crippen LogP contribution in [0.2, 0.25) is 5.15 Å². The summed E-state index contributed by atoms with van der Waals surface area (Å²) in [7, 11) is 3.29. The van der Waals surface area contributed by atoms with Gasteiger partial charge in [0.1, 0.15) is 23.5 Å². The van der Waals surface area contributed by atoms with E-state index < -0.39 is 0 Å². The summed E-state index contributed by atoms with van der Waals surface area (Å²) in [5.41, 5.74) is 8.70. The van der Waals surface area contributed by atoms with Gasteiger partial charge in [0.25, 0.3) is 0 Å². The zero-order chi connectivity index (χ0) is 19.2. The van der Waals surface area contributed by atoms with E-state index in [1.165, 1.54) is 6.33 Å². The van der Waals surface area contributed by atoms with Crippen molar-refractivity contribution in [3.63, 3.8) is 0 Å². The highest BCUT2D eigenvalue weighted by Gasteiger charge is 2.16. The van der Waals surface area contributed by atoms with Gasteiger partial charge in [0, 0.05) is 13.1 Å². The summed E-state index contributed by atoms with van der Waals surface area (Å²) < 4.78 is 10.5. The lowest BCUT2D eigenvalue weighted by Gasteiger charge is -2.25. The van der Waals surface area contributed by atoms with Crippen LogP contribution in [0.4, 0.5) is 11.5 Å². The highest BCUT2D eigenvalue weighted by atomic mass is 35.5. The van der Waals surface area contributed by atoms with Crippen molar-refractivity contribution in [2.24, 2.45) is 0 Å². The summed E-state index contributed by atoms with van der Waals surface area (Å²) in [5.74, 6) is 2.22. The minimum atomic E-state index is 0.245. The molecule has 3 aromatic rings. The van der Waals surface area contributed by atoms with E-state index in [9.17, 15) is 0 Å². The Balaban J connectivity index is 1.90. The lowest BCUT2D eigenvalue weighted by atomic mass is 10.1. The monoisotopic (exact) mass is 384 g/mol. The van der Waals surface area contributed by atoms with Crippen LogP contribution in [0.3, 0.4) is 0 Å². The van der Waals surface area contributed by atoms with E-state index in [1.54, 1.807) is 14.2 Å². The van der Waals surface area contributed by atoms with Gasteiger partial charge in [0.15, 0.2) is 11.0 Å². The average molecular weight is 385 g/mol. The highest BCUT2D eigenvalue weighted by molar-refractivity contribution is 6.32. The lowest BCUT2D eigenvalue weighted by Crippen LogP contribution is -2.24. The molecule has 1 aromatic heterocycles. The van der Waals surface area contributed by atoms with Gasteiger partial charge in [-0.3, -0.25) is 0 Å². The first-order valence-corrected chi connectivity index (χ1v) is 8.75. The average Bonchev–Trinajstić information content (AvgIpc) is 2.71. The molecule has 0 unspecified atom stereocenters. The zero-order valence-electron chi connectivity index (χ0n) is 15.2. The van der Waals surface area contributed by atoms with E-state index in [1.807, 2.05) is 48.5 Å². The Morgan fingerprint density at radius 1 is 0.852 bits per heavy atom. The van der Waals surface area contributed by atoms with Crippen LogP contribution in [0.15, 0.2) is 54.9 Å². The number of hydrogen-bond acceptors (Lipinski definition) is 6. The standard InChI is InChI=1S/C20H21ClN4O2/c1-26-16-7-3-14(4-8-16)11-25(20-18(22)19(21)23-13-24-20)12-15-5-9-17(27-2)10-6-15/h3-10,13H,11-12,22H2,1-2H3. The highest BCUT2D eigenvalue weighted by Crippen LogP contribution is 2.29. The molecule has 7 heteroatoms. The Morgan fingerprint density at radius 3 is 1.78 bits per heavy atom. The maximum Gasteiger partial charge on any atom is 0.157 e. The molecule has 0 bridgehead atoms. The van der Waals surface area contributed by atoms with E-state index in [-0.39, 0.29) is 5.15 Å². The number of nitrogens with two attached hydrogens (primary N) is 1. The Morgan fingerprint density at radius 2 is 1.33 bits per heavy atom. The van der Waals surface area contributed by atoms with Gasteiger partial charge in [0.2, 0.25) is 0 Å². The minimum Gasteiger partial charge on any atom is -0.497 e. The maximum atomic E-state index is 6.14. The van der Waals surface area contributed by atoms with Crippen molar-refractivity contribution >= 4 is 23.1 Å². The van der Waals surface area contributed by atoms with Crippen molar-refractivity contribution < 1.29 is 9.47 Å². The molecule has 2 N–H and O–H groups in total. The van der Waals surface area contributed by atoms with E-state index in [2.05, 4.69) is 14.9 Å². The number of methoxy groups -OCH3 is 2. The number of nitrogens with zero attached hydrogens (tertiary/aromatic N) is 3. The first kappa shape index (κ1) is 18.8. The van der Waals surface area contributed by atoms with E-state index >= 15 is 0 Å².